The first-order chi connectivity index (χ1) is 17.1. The summed E-state index contributed by atoms with van der Waals surface area (Å²) in [5, 5.41) is 0. The third kappa shape index (κ3) is 5.34. The second-order valence-electron chi connectivity index (χ2n) is 8.44. The zero-order valence-electron chi connectivity index (χ0n) is 19.4. The standard InChI is InChI=1S/C25H22F5N3O3/c1-32(2)20-12-19(22-16(13-34)6-3-7-21(22)36-24(26)27)33-18-11-15(8-9-17(18)31-23(20)33)5-4-10-35-14-25(28,29)30/h3,6-9,11,13,19-20,24H,10,12,14H2,1-2H3/t19-,20?/m1/s1. The van der Waals surface area contributed by atoms with Crippen LogP contribution in [0.5, 0.6) is 5.75 Å². The van der Waals surface area contributed by atoms with E-state index in [1.807, 2.05) is 23.6 Å². The number of benzene rings is 2. The first kappa shape index (κ1) is 25.6. The molecule has 0 bridgehead atoms. The van der Waals surface area contributed by atoms with Crippen LogP contribution in [0.15, 0.2) is 36.4 Å². The number of imidazole rings is 1. The Morgan fingerprint density at radius 2 is 2.03 bits per heavy atom. The molecule has 36 heavy (non-hydrogen) atoms. The minimum Gasteiger partial charge on any atom is -0.434 e. The molecule has 11 heteroatoms. The van der Waals surface area contributed by atoms with Crippen LogP contribution in [0.4, 0.5) is 22.0 Å². The number of hydrogen-bond acceptors (Lipinski definition) is 5. The highest BCUT2D eigenvalue weighted by Crippen LogP contribution is 2.46. The molecule has 4 rings (SSSR count). The van der Waals surface area contributed by atoms with Crippen LogP contribution in [-0.4, -0.2) is 60.8 Å². The van der Waals surface area contributed by atoms with E-state index in [-0.39, 0.29) is 17.4 Å². The molecule has 0 amide bonds. The summed E-state index contributed by atoms with van der Waals surface area (Å²) in [4.78, 5) is 18.6. The summed E-state index contributed by atoms with van der Waals surface area (Å²) in [7, 11) is 3.74. The maximum Gasteiger partial charge on any atom is 0.411 e. The fourth-order valence-corrected chi connectivity index (χ4v) is 4.44. The number of ether oxygens (including phenoxy) is 2. The summed E-state index contributed by atoms with van der Waals surface area (Å²) in [5.41, 5.74) is 2.34. The molecule has 190 valence electrons. The number of carbonyl (C=O) groups is 1. The van der Waals surface area contributed by atoms with Crippen LogP contribution in [0.1, 0.15) is 45.8 Å². The van der Waals surface area contributed by atoms with Crippen LogP contribution >= 0.6 is 0 Å². The summed E-state index contributed by atoms with van der Waals surface area (Å²) in [6.07, 6.45) is -3.37. The molecular formula is C25H22F5N3O3. The van der Waals surface area contributed by atoms with E-state index in [4.69, 9.17) is 9.72 Å². The molecule has 1 aliphatic rings. The van der Waals surface area contributed by atoms with E-state index in [0.29, 0.717) is 40.7 Å². The molecule has 0 N–H and O–H groups in total. The number of aromatic nitrogens is 2. The first-order valence-electron chi connectivity index (χ1n) is 10.9. The number of halogens is 5. The minimum atomic E-state index is -4.43. The van der Waals surface area contributed by atoms with Crippen molar-refractivity contribution in [3.8, 4) is 17.6 Å². The van der Waals surface area contributed by atoms with Crippen molar-refractivity contribution >= 4 is 17.3 Å². The van der Waals surface area contributed by atoms with Gasteiger partial charge in [-0.1, -0.05) is 24.0 Å². The lowest BCUT2D eigenvalue weighted by atomic mass is 9.96. The maximum absolute atomic E-state index is 13.2. The quantitative estimate of drug-likeness (QED) is 0.196. The Kier molecular flexibility index (Phi) is 7.28. The van der Waals surface area contributed by atoms with E-state index >= 15 is 0 Å². The Bertz CT molecular complexity index is 1320. The molecule has 2 atom stereocenters. The summed E-state index contributed by atoms with van der Waals surface area (Å²) in [6.45, 7) is -4.85. The zero-order chi connectivity index (χ0) is 26.0. The van der Waals surface area contributed by atoms with Gasteiger partial charge in [-0.05, 0) is 44.8 Å². The molecule has 1 aromatic heterocycles. The molecule has 0 saturated carbocycles. The summed E-state index contributed by atoms with van der Waals surface area (Å²) in [6, 6.07) is 8.85. The topological polar surface area (TPSA) is 56.6 Å². The van der Waals surface area contributed by atoms with Crippen LogP contribution in [0.25, 0.3) is 11.0 Å². The van der Waals surface area contributed by atoms with E-state index in [2.05, 4.69) is 16.6 Å². The van der Waals surface area contributed by atoms with E-state index in [1.54, 1.807) is 24.3 Å². The number of alkyl halides is 5. The van der Waals surface area contributed by atoms with E-state index in [1.165, 1.54) is 12.1 Å². The number of fused-ring (bicyclic) bond motifs is 3. The summed E-state index contributed by atoms with van der Waals surface area (Å²) in [5.74, 6) is 5.93. The monoisotopic (exact) mass is 507 g/mol. The highest BCUT2D eigenvalue weighted by molar-refractivity contribution is 5.82. The smallest absolute Gasteiger partial charge is 0.411 e. The lowest BCUT2D eigenvalue weighted by molar-refractivity contribution is -0.170. The summed E-state index contributed by atoms with van der Waals surface area (Å²) >= 11 is 0. The molecule has 1 unspecified atom stereocenters. The van der Waals surface area contributed by atoms with E-state index < -0.39 is 32.0 Å². The molecule has 3 aromatic rings. The van der Waals surface area contributed by atoms with Crippen molar-refractivity contribution in [3.63, 3.8) is 0 Å². The number of carbonyl (C=O) groups excluding carboxylic acids is 1. The van der Waals surface area contributed by atoms with Crippen molar-refractivity contribution in [1.82, 2.24) is 14.5 Å². The largest absolute Gasteiger partial charge is 0.434 e. The number of aldehydes is 1. The Morgan fingerprint density at radius 3 is 2.69 bits per heavy atom. The fourth-order valence-electron chi connectivity index (χ4n) is 4.44. The van der Waals surface area contributed by atoms with Gasteiger partial charge in [-0.15, -0.1) is 0 Å². The van der Waals surface area contributed by atoms with Crippen LogP contribution in [-0.2, 0) is 4.74 Å². The molecule has 0 spiro atoms. The second-order valence-corrected chi connectivity index (χ2v) is 8.44. The van der Waals surface area contributed by atoms with Gasteiger partial charge in [0.2, 0.25) is 0 Å². The maximum atomic E-state index is 13.2. The van der Waals surface area contributed by atoms with Crippen molar-refractivity contribution in [2.75, 3.05) is 27.3 Å². The highest BCUT2D eigenvalue weighted by Gasteiger charge is 2.38. The minimum absolute atomic E-state index is 0.0930. The molecule has 2 heterocycles. The predicted octanol–water partition coefficient (Wildman–Crippen LogP) is 4.98. The van der Waals surface area contributed by atoms with Gasteiger partial charge in [0.25, 0.3) is 0 Å². The van der Waals surface area contributed by atoms with Gasteiger partial charge < -0.3 is 14.0 Å². The Balaban J connectivity index is 1.78. The second kappa shape index (κ2) is 10.2. The van der Waals surface area contributed by atoms with Crippen molar-refractivity contribution in [1.29, 1.82) is 0 Å². The van der Waals surface area contributed by atoms with E-state index in [9.17, 15) is 26.7 Å². The average Bonchev–Trinajstić information content (AvgIpc) is 3.35. The highest BCUT2D eigenvalue weighted by atomic mass is 19.4. The van der Waals surface area contributed by atoms with Gasteiger partial charge in [0, 0.05) is 16.7 Å². The van der Waals surface area contributed by atoms with Gasteiger partial charge in [0.05, 0.1) is 23.1 Å². The number of nitrogens with zero attached hydrogens (tertiary/aromatic N) is 3. The Labute approximate surface area is 203 Å². The zero-order valence-corrected chi connectivity index (χ0v) is 19.4. The summed E-state index contributed by atoms with van der Waals surface area (Å²) < 4.78 is 74.2. The molecule has 6 nitrogen and oxygen atoms in total. The van der Waals surface area contributed by atoms with Crippen molar-refractivity contribution in [2.24, 2.45) is 0 Å². The number of rotatable bonds is 7. The lowest BCUT2D eigenvalue weighted by Gasteiger charge is -2.22. The van der Waals surface area contributed by atoms with Gasteiger partial charge in [-0.2, -0.15) is 22.0 Å². The third-order valence-electron chi connectivity index (χ3n) is 5.85. The molecule has 0 fully saturated rings. The van der Waals surface area contributed by atoms with Gasteiger partial charge in [0.15, 0.2) is 6.29 Å². The SMILES string of the molecule is CN(C)C1C[C@H](c2c(C=O)cccc2OC(F)F)n2c1nc1ccc(C#CCOCC(F)(F)F)cc12. The third-order valence-corrected chi connectivity index (χ3v) is 5.85. The van der Waals surface area contributed by atoms with Gasteiger partial charge in [-0.25, -0.2) is 4.98 Å². The van der Waals surface area contributed by atoms with E-state index in [0.717, 1.165) is 0 Å². The van der Waals surface area contributed by atoms with Crippen LogP contribution in [0.2, 0.25) is 0 Å². The average molecular weight is 507 g/mol. The van der Waals surface area contributed by atoms with Crippen LogP contribution in [0.3, 0.4) is 0 Å². The normalized spacial score (nSPS) is 17.4. The molecule has 0 aliphatic carbocycles. The molecule has 2 aromatic carbocycles. The first-order valence-corrected chi connectivity index (χ1v) is 10.9. The van der Waals surface area contributed by atoms with Gasteiger partial charge in [-0.3, -0.25) is 9.69 Å². The molecular weight excluding hydrogens is 485 g/mol. The number of hydrogen-bond donors (Lipinski definition) is 0. The van der Waals surface area contributed by atoms with Crippen LogP contribution < -0.4 is 4.74 Å². The van der Waals surface area contributed by atoms with Crippen molar-refractivity contribution in [2.45, 2.75) is 31.3 Å². The Hall–Kier alpha value is -3.49. The van der Waals surface area contributed by atoms with Crippen LogP contribution in [0, 0.1) is 11.8 Å². The van der Waals surface area contributed by atoms with Gasteiger partial charge in [0.1, 0.15) is 24.8 Å². The van der Waals surface area contributed by atoms with Crippen molar-refractivity contribution < 1.29 is 36.2 Å². The lowest BCUT2D eigenvalue weighted by Crippen LogP contribution is -2.18. The van der Waals surface area contributed by atoms with Gasteiger partial charge >= 0.3 is 12.8 Å². The Morgan fingerprint density at radius 1 is 1.25 bits per heavy atom. The molecule has 0 radical (unpaired) electrons. The van der Waals surface area contributed by atoms with Crippen molar-refractivity contribution in [3.05, 3.63) is 58.9 Å². The predicted molar refractivity (Wildman–Crippen MR) is 121 cm³/mol. The molecule has 0 saturated heterocycles. The molecule has 1 aliphatic heterocycles. The fraction of sp³-hybridized carbons (Fsp3) is 0.360.